The first kappa shape index (κ1) is 39.6. The van der Waals surface area contributed by atoms with Gasteiger partial charge in [0, 0.05) is 19.4 Å². The lowest BCUT2D eigenvalue weighted by Crippen LogP contribution is -2.59. The number of benzene rings is 2. The Morgan fingerprint density at radius 2 is 1.14 bits per heavy atom. The number of primary amides is 1. The summed E-state index contributed by atoms with van der Waals surface area (Å²) >= 11 is 0. The summed E-state index contributed by atoms with van der Waals surface area (Å²) in [6, 6.07) is 11.5. The monoisotopic (exact) mass is 682 g/mol. The number of carbonyl (C=O) groups excluding carboxylic acids is 6. The van der Waals surface area contributed by atoms with Gasteiger partial charge in [-0.05, 0) is 30.9 Å². The first-order valence-corrected chi connectivity index (χ1v) is 15.6. The number of guanidine groups is 1. The lowest BCUT2D eigenvalue weighted by molar-refractivity contribution is -0.135. The van der Waals surface area contributed by atoms with Crippen LogP contribution >= 0.6 is 0 Å². The molecule has 0 aliphatic rings. The zero-order valence-electron chi connectivity index (χ0n) is 27.3. The van der Waals surface area contributed by atoms with Gasteiger partial charge in [0.05, 0.1) is 13.2 Å². The van der Waals surface area contributed by atoms with Gasteiger partial charge in [0.15, 0.2) is 5.96 Å². The Bertz CT molecular complexity index is 1440. The summed E-state index contributed by atoms with van der Waals surface area (Å²) in [6.07, 6.45) is 0.514. The summed E-state index contributed by atoms with van der Waals surface area (Å²) in [5.41, 5.74) is 22.9. The van der Waals surface area contributed by atoms with Crippen LogP contribution in [0.4, 0.5) is 0 Å². The Balaban J connectivity index is 2.28. The molecule has 14 N–H and O–H groups in total. The topological polar surface area (TPSA) is 299 Å². The van der Waals surface area contributed by atoms with Crippen LogP contribution in [0.25, 0.3) is 0 Å². The minimum atomic E-state index is -1.36. The van der Waals surface area contributed by atoms with Gasteiger partial charge in [-0.3, -0.25) is 33.8 Å². The molecule has 0 aliphatic heterocycles. The number of nitrogens with two attached hydrogens (primary N) is 4. The van der Waals surface area contributed by atoms with Crippen LogP contribution in [-0.4, -0.2) is 96.4 Å². The zero-order valence-corrected chi connectivity index (χ0v) is 27.3. The number of hydrogen-bond acceptors (Lipinski definition) is 9. The van der Waals surface area contributed by atoms with Crippen molar-refractivity contribution < 1.29 is 33.9 Å². The fourth-order valence-corrected chi connectivity index (χ4v) is 4.58. The van der Waals surface area contributed by atoms with Crippen molar-refractivity contribution in [1.29, 1.82) is 0 Å². The van der Waals surface area contributed by atoms with E-state index < -0.39 is 78.8 Å². The number of rotatable bonds is 20. The van der Waals surface area contributed by atoms with E-state index in [9.17, 15) is 33.9 Å². The molecule has 0 spiro atoms. The van der Waals surface area contributed by atoms with Gasteiger partial charge in [-0.15, -0.1) is 0 Å². The van der Waals surface area contributed by atoms with Gasteiger partial charge in [-0.2, -0.15) is 0 Å². The van der Waals surface area contributed by atoms with Crippen LogP contribution < -0.4 is 49.5 Å². The molecule has 0 fully saturated rings. The summed E-state index contributed by atoms with van der Waals surface area (Å²) < 4.78 is 0. The van der Waals surface area contributed by atoms with Crippen LogP contribution in [0.5, 0.6) is 0 Å². The number of nitrogens with one attached hydrogen (secondary N) is 5. The molecule has 17 heteroatoms. The number of aliphatic hydroxyl groups excluding tert-OH is 1. The SMILES string of the molecule is C[C@H](NC(=O)[C@H](CO)NC(=O)CN)C(=O)N[C@H](Cc1ccccc1)C(=O)N[C@@H](Cc1ccccc1)C(=O)N[C@@H](CCCN=C(N)N)C(N)=O. The molecule has 0 aromatic heterocycles. The Morgan fingerprint density at radius 3 is 1.59 bits per heavy atom. The van der Waals surface area contributed by atoms with Crippen LogP contribution in [-0.2, 0) is 41.6 Å². The fourth-order valence-electron chi connectivity index (χ4n) is 4.58. The highest BCUT2D eigenvalue weighted by Crippen LogP contribution is 2.09. The summed E-state index contributed by atoms with van der Waals surface area (Å²) in [5.74, 6) is -4.62. The highest BCUT2D eigenvalue weighted by atomic mass is 16.3. The largest absolute Gasteiger partial charge is 0.394 e. The molecule has 2 rings (SSSR count). The number of amides is 6. The van der Waals surface area contributed by atoms with Crippen LogP contribution in [0.15, 0.2) is 65.7 Å². The van der Waals surface area contributed by atoms with E-state index in [0.29, 0.717) is 17.5 Å². The third-order valence-electron chi connectivity index (χ3n) is 7.21. The van der Waals surface area contributed by atoms with Gasteiger partial charge in [-0.25, -0.2) is 0 Å². The molecule has 5 atom stereocenters. The maximum Gasteiger partial charge on any atom is 0.245 e. The normalized spacial score (nSPS) is 13.7. The van der Waals surface area contributed by atoms with E-state index in [1.165, 1.54) is 6.92 Å². The lowest BCUT2D eigenvalue weighted by atomic mass is 10.0. The standard InChI is InChI=1S/C32H46N10O7/c1-19(38-31(49)25(18-43)39-26(44)17-33)28(46)41-23(15-20-9-4-2-5-10-20)30(48)42-24(16-21-11-6-3-7-12-21)29(47)40-22(27(34)45)13-8-14-37-32(35)36/h2-7,9-12,19,22-25,43H,8,13-18,33H2,1H3,(H2,34,45)(H,38,49)(H,39,44)(H,40,47)(H,41,46)(H,42,48)(H4,35,36,37)/t19-,22-,23+,24-,25-/m0/s1. The third kappa shape index (κ3) is 14.4. The average Bonchev–Trinajstić information content (AvgIpc) is 3.08. The number of nitrogens with zero attached hydrogens (tertiary/aromatic N) is 1. The van der Waals surface area contributed by atoms with Crippen molar-refractivity contribution in [1.82, 2.24) is 26.6 Å². The first-order chi connectivity index (χ1) is 23.3. The van der Waals surface area contributed by atoms with Gasteiger partial charge in [0.2, 0.25) is 35.4 Å². The molecule has 0 unspecified atom stereocenters. The Hall–Kier alpha value is -5.55. The van der Waals surface area contributed by atoms with Crippen molar-refractivity contribution in [3.63, 3.8) is 0 Å². The zero-order chi connectivity index (χ0) is 36.3. The molecule has 0 saturated carbocycles. The molecule has 17 nitrogen and oxygen atoms in total. The van der Waals surface area contributed by atoms with E-state index in [1.54, 1.807) is 60.7 Å². The maximum absolute atomic E-state index is 13.8. The first-order valence-electron chi connectivity index (χ1n) is 15.6. The Kier molecular flexibility index (Phi) is 16.7. The van der Waals surface area contributed by atoms with E-state index in [2.05, 4.69) is 31.6 Å². The second-order valence-electron chi connectivity index (χ2n) is 11.2. The third-order valence-corrected chi connectivity index (χ3v) is 7.21. The summed E-state index contributed by atoms with van der Waals surface area (Å²) in [5, 5.41) is 22.1. The van der Waals surface area contributed by atoms with Crippen LogP contribution in [0.2, 0.25) is 0 Å². The Labute approximate surface area is 284 Å². The number of carbonyl (C=O) groups is 6. The molecule has 49 heavy (non-hydrogen) atoms. The van der Waals surface area contributed by atoms with Gasteiger partial charge in [0.1, 0.15) is 30.2 Å². The van der Waals surface area contributed by atoms with E-state index in [0.717, 1.165) is 0 Å². The lowest BCUT2D eigenvalue weighted by Gasteiger charge is -2.26. The quantitative estimate of drug-likeness (QED) is 0.0372. The van der Waals surface area contributed by atoms with Gasteiger partial charge < -0.3 is 54.6 Å². The van der Waals surface area contributed by atoms with E-state index >= 15 is 0 Å². The second-order valence-corrected chi connectivity index (χ2v) is 11.2. The summed E-state index contributed by atoms with van der Waals surface area (Å²) in [6.45, 7) is 0.395. The minimum absolute atomic E-state index is 0.0132. The highest BCUT2D eigenvalue weighted by Gasteiger charge is 2.31. The van der Waals surface area contributed by atoms with Crippen LogP contribution in [0.1, 0.15) is 30.9 Å². The predicted octanol–water partition coefficient (Wildman–Crippen LogP) is -3.59. The predicted molar refractivity (Wildman–Crippen MR) is 181 cm³/mol. The number of aliphatic imine (C=N–C) groups is 1. The summed E-state index contributed by atoms with van der Waals surface area (Å²) in [4.78, 5) is 80.9. The molecule has 0 radical (unpaired) electrons. The average molecular weight is 683 g/mol. The molecule has 266 valence electrons. The highest BCUT2D eigenvalue weighted by molar-refractivity contribution is 5.96. The molecule has 2 aromatic carbocycles. The fraction of sp³-hybridized carbons (Fsp3) is 0.406. The molecule has 6 amide bonds. The van der Waals surface area contributed by atoms with Gasteiger partial charge in [0.25, 0.3) is 0 Å². The van der Waals surface area contributed by atoms with E-state index in [4.69, 9.17) is 22.9 Å². The second kappa shape index (κ2) is 20.6. The van der Waals surface area contributed by atoms with Crippen LogP contribution in [0.3, 0.4) is 0 Å². The van der Waals surface area contributed by atoms with Crippen LogP contribution in [0, 0.1) is 0 Å². The molecule has 0 aliphatic carbocycles. The van der Waals surface area contributed by atoms with Crippen molar-refractivity contribution in [2.75, 3.05) is 19.7 Å². The van der Waals surface area contributed by atoms with Gasteiger partial charge in [-0.1, -0.05) is 60.7 Å². The summed E-state index contributed by atoms with van der Waals surface area (Å²) in [7, 11) is 0. The number of aliphatic hydroxyl groups is 1. The molecule has 0 saturated heterocycles. The minimum Gasteiger partial charge on any atom is -0.394 e. The van der Waals surface area contributed by atoms with Crippen molar-refractivity contribution in [2.45, 2.75) is 62.8 Å². The molecule has 0 bridgehead atoms. The molecular weight excluding hydrogens is 636 g/mol. The molecule has 0 heterocycles. The van der Waals surface area contributed by atoms with E-state index in [1.807, 2.05) is 0 Å². The molecular formula is C32H46N10O7. The van der Waals surface area contributed by atoms with Crippen molar-refractivity contribution >= 4 is 41.4 Å². The number of hydrogen-bond donors (Lipinski definition) is 10. The van der Waals surface area contributed by atoms with Crippen molar-refractivity contribution in [3.8, 4) is 0 Å². The van der Waals surface area contributed by atoms with Gasteiger partial charge >= 0.3 is 0 Å². The van der Waals surface area contributed by atoms with Crippen molar-refractivity contribution in [2.24, 2.45) is 27.9 Å². The Morgan fingerprint density at radius 1 is 0.673 bits per heavy atom. The van der Waals surface area contributed by atoms with Crippen molar-refractivity contribution in [3.05, 3.63) is 71.8 Å². The molecule has 2 aromatic rings. The smallest absolute Gasteiger partial charge is 0.245 e. The maximum atomic E-state index is 13.8. The van der Waals surface area contributed by atoms with E-state index in [-0.39, 0.29) is 31.8 Å².